The van der Waals surface area contributed by atoms with Gasteiger partial charge in [-0.3, -0.25) is 9.59 Å². The molecule has 0 saturated heterocycles. The van der Waals surface area contributed by atoms with Crippen LogP contribution < -0.4 is 10.6 Å². The molecule has 0 bridgehead atoms. The maximum absolute atomic E-state index is 12.4. The van der Waals surface area contributed by atoms with Crippen molar-refractivity contribution in [3.8, 4) is 0 Å². The Labute approximate surface area is 160 Å². The van der Waals surface area contributed by atoms with E-state index in [0.717, 1.165) is 9.75 Å². The quantitative estimate of drug-likeness (QED) is 0.642. The van der Waals surface area contributed by atoms with Gasteiger partial charge in [-0.2, -0.15) is 0 Å². The molecular weight excluding hydrogens is 364 g/mol. The van der Waals surface area contributed by atoms with E-state index in [2.05, 4.69) is 10.6 Å². The van der Waals surface area contributed by atoms with Crippen LogP contribution in [0.1, 0.15) is 56.4 Å². The highest BCUT2D eigenvalue weighted by molar-refractivity contribution is 7.10. The fourth-order valence-corrected chi connectivity index (χ4v) is 4.02. The third-order valence-corrected chi connectivity index (χ3v) is 6.15. The second kappa shape index (κ2) is 8.29. The largest absolute Gasteiger partial charge is 0.345 e. The number of amides is 2. The molecule has 0 saturated carbocycles. The molecule has 1 aromatic carbocycles. The van der Waals surface area contributed by atoms with Gasteiger partial charge in [0.25, 0.3) is 11.8 Å². The van der Waals surface area contributed by atoms with E-state index in [1.165, 1.54) is 0 Å². The molecule has 2 unspecified atom stereocenters. The molecule has 3 aromatic rings. The second-order valence-corrected chi connectivity index (χ2v) is 7.96. The van der Waals surface area contributed by atoms with Crippen LogP contribution in [-0.4, -0.2) is 11.8 Å². The Bertz CT molecular complexity index is 783. The van der Waals surface area contributed by atoms with Gasteiger partial charge in [0.05, 0.1) is 12.1 Å². The smallest absolute Gasteiger partial charge is 0.251 e. The van der Waals surface area contributed by atoms with Crippen molar-refractivity contribution in [3.05, 3.63) is 80.2 Å². The summed E-state index contributed by atoms with van der Waals surface area (Å²) in [6.07, 6.45) is 0. The molecule has 0 aliphatic rings. The summed E-state index contributed by atoms with van der Waals surface area (Å²) < 4.78 is 0. The first-order valence-electron chi connectivity index (χ1n) is 8.33. The van der Waals surface area contributed by atoms with Gasteiger partial charge < -0.3 is 10.6 Å². The van der Waals surface area contributed by atoms with Crippen LogP contribution in [0.4, 0.5) is 0 Å². The van der Waals surface area contributed by atoms with Crippen molar-refractivity contribution in [2.24, 2.45) is 0 Å². The molecule has 2 heterocycles. The molecule has 2 atom stereocenters. The standard InChI is InChI=1S/C20H20N2O2S2/c1-13(17-5-3-11-25-17)21-19(23)15-7-9-16(10-8-15)20(24)22-14(2)18-6-4-12-26-18/h3-14H,1-2H3,(H,21,23)(H,22,24). The number of hydrogen-bond acceptors (Lipinski definition) is 4. The Balaban J connectivity index is 1.60. The monoisotopic (exact) mass is 384 g/mol. The molecule has 26 heavy (non-hydrogen) atoms. The van der Waals surface area contributed by atoms with Crippen molar-refractivity contribution < 1.29 is 9.59 Å². The Morgan fingerprint density at radius 1 is 0.731 bits per heavy atom. The summed E-state index contributed by atoms with van der Waals surface area (Å²) in [7, 11) is 0. The SMILES string of the molecule is CC(NC(=O)c1ccc(C(=O)NC(C)c2cccs2)cc1)c1cccs1. The van der Waals surface area contributed by atoms with Crippen molar-refractivity contribution in [3.63, 3.8) is 0 Å². The Morgan fingerprint density at radius 2 is 1.12 bits per heavy atom. The average Bonchev–Trinajstić information content (AvgIpc) is 3.35. The number of thiophene rings is 2. The van der Waals surface area contributed by atoms with Gasteiger partial charge in [-0.1, -0.05) is 12.1 Å². The summed E-state index contributed by atoms with van der Waals surface area (Å²) in [5.41, 5.74) is 1.08. The Hall–Kier alpha value is -2.44. The molecule has 0 aliphatic carbocycles. The molecular formula is C20H20N2O2S2. The summed E-state index contributed by atoms with van der Waals surface area (Å²) in [5.74, 6) is -0.297. The molecule has 6 heteroatoms. The lowest BCUT2D eigenvalue weighted by Crippen LogP contribution is -2.27. The van der Waals surface area contributed by atoms with E-state index in [1.54, 1.807) is 46.9 Å². The molecule has 2 amide bonds. The van der Waals surface area contributed by atoms with E-state index in [0.29, 0.717) is 11.1 Å². The van der Waals surface area contributed by atoms with Crippen LogP contribution in [0.5, 0.6) is 0 Å². The number of rotatable bonds is 6. The van der Waals surface area contributed by atoms with Crippen molar-refractivity contribution in [1.82, 2.24) is 10.6 Å². The van der Waals surface area contributed by atoms with Gasteiger partial charge in [0.1, 0.15) is 0 Å². The topological polar surface area (TPSA) is 58.2 Å². The average molecular weight is 385 g/mol. The molecule has 2 N–H and O–H groups in total. The van der Waals surface area contributed by atoms with Crippen LogP contribution >= 0.6 is 22.7 Å². The zero-order valence-electron chi connectivity index (χ0n) is 14.6. The summed E-state index contributed by atoms with van der Waals surface area (Å²) in [6.45, 7) is 3.91. The third-order valence-electron chi connectivity index (χ3n) is 4.04. The maximum Gasteiger partial charge on any atom is 0.251 e. The molecule has 2 aromatic heterocycles. The van der Waals surface area contributed by atoms with Crippen molar-refractivity contribution in [2.45, 2.75) is 25.9 Å². The fraction of sp³-hybridized carbons (Fsp3) is 0.200. The summed E-state index contributed by atoms with van der Waals surface area (Å²) in [5, 5.41) is 9.92. The normalized spacial score (nSPS) is 13.0. The van der Waals surface area contributed by atoms with Crippen LogP contribution in [0, 0.1) is 0 Å². The third kappa shape index (κ3) is 4.39. The lowest BCUT2D eigenvalue weighted by Gasteiger charge is -2.14. The minimum atomic E-state index is -0.148. The zero-order chi connectivity index (χ0) is 18.5. The summed E-state index contributed by atoms with van der Waals surface area (Å²) >= 11 is 3.22. The lowest BCUT2D eigenvalue weighted by molar-refractivity contribution is 0.0928. The van der Waals surface area contributed by atoms with E-state index >= 15 is 0 Å². The van der Waals surface area contributed by atoms with Gasteiger partial charge in [0.2, 0.25) is 0 Å². The number of nitrogens with one attached hydrogen (secondary N) is 2. The second-order valence-electron chi connectivity index (χ2n) is 6.00. The molecule has 0 fully saturated rings. The van der Waals surface area contributed by atoms with E-state index in [9.17, 15) is 9.59 Å². The van der Waals surface area contributed by atoms with Crippen LogP contribution in [0.3, 0.4) is 0 Å². The maximum atomic E-state index is 12.4. The Kier molecular flexibility index (Phi) is 5.85. The predicted molar refractivity (Wildman–Crippen MR) is 107 cm³/mol. The summed E-state index contributed by atoms with van der Waals surface area (Å²) in [6, 6.07) is 14.6. The van der Waals surface area contributed by atoms with Crippen LogP contribution in [0.15, 0.2) is 59.3 Å². The molecule has 0 spiro atoms. The van der Waals surface area contributed by atoms with Crippen molar-refractivity contribution in [1.29, 1.82) is 0 Å². The van der Waals surface area contributed by atoms with E-state index < -0.39 is 0 Å². The highest BCUT2D eigenvalue weighted by atomic mass is 32.1. The van der Waals surface area contributed by atoms with Crippen LogP contribution in [-0.2, 0) is 0 Å². The van der Waals surface area contributed by atoms with Crippen LogP contribution in [0.25, 0.3) is 0 Å². The number of carbonyl (C=O) groups is 2. The van der Waals surface area contributed by atoms with Crippen molar-refractivity contribution >= 4 is 34.5 Å². The fourth-order valence-electron chi connectivity index (χ4n) is 2.55. The van der Waals surface area contributed by atoms with Crippen molar-refractivity contribution in [2.75, 3.05) is 0 Å². The van der Waals surface area contributed by atoms with Gasteiger partial charge in [0, 0.05) is 20.9 Å². The van der Waals surface area contributed by atoms with E-state index in [-0.39, 0.29) is 23.9 Å². The Morgan fingerprint density at radius 3 is 1.42 bits per heavy atom. The first-order chi connectivity index (χ1) is 12.5. The summed E-state index contributed by atoms with van der Waals surface area (Å²) in [4.78, 5) is 26.9. The number of carbonyl (C=O) groups excluding carboxylic acids is 2. The molecule has 0 aliphatic heterocycles. The molecule has 3 rings (SSSR count). The highest BCUT2D eigenvalue weighted by Gasteiger charge is 2.15. The first-order valence-corrected chi connectivity index (χ1v) is 10.1. The number of hydrogen-bond donors (Lipinski definition) is 2. The molecule has 134 valence electrons. The van der Waals surface area contributed by atoms with Gasteiger partial charge in [-0.05, 0) is 61.0 Å². The lowest BCUT2D eigenvalue weighted by atomic mass is 10.1. The number of benzene rings is 1. The first kappa shape index (κ1) is 18.4. The highest BCUT2D eigenvalue weighted by Crippen LogP contribution is 2.20. The van der Waals surface area contributed by atoms with E-state index in [4.69, 9.17) is 0 Å². The van der Waals surface area contributed by atoms with Gasteiger partial charge in [-0.25, -0.2) is 0 Å². The van der Waals surface area contributed by atoms with Gasteiger partial charge >= 0.3 is 0 Å². The predicted octanol–water partition coefficient (Wildman–Crippen LogP) is 4.79. The van der Waals surface area contributed by atoms with E-state index in [1.807, 2.05) is 48.9 Å². The molecule has 4 nitrogen and oxygen atoms in total. The zero-order valence-corrected chi connectivity index (χ0v) is 16.2. The van der Waals surface area contributed by atoms with Gasteiger partial charge in [-0.15, -0.1) is 22.7 Å². The minimum absolute atomic E-state index is 0.0443. The minimum Gasteiger partial charge on any atom is -0.345 e. The molecule has 0 radical (unpaired) electrons. The van der Waals surface area contributed by atoms with Gasteiger partial charge in [0.15, 0.2) is 0 Å². The van der Waals surface area contributed by atoms with Crippen LogP contribution in [0.2, 0.25) is 0 Å².